The zero-order valence-electron chi connectivity index (χ0n) is 34.8. The van der Waals surface area contributed by atoms with Gasteiger partial charge in [0.25, 0.3) is 0 Å². The molecule has 11 rings (SSSR count). The largest absolute Gasteiger partial charge is 0.456 e. The maximum Gasteiger partial charge on any atom is 0.136 e. The molecule has 8 aromatic carbocycles. The summed E-state index contributed by atoms with van der Waals surface area (Å²) in [5, 5.41) is 7.16. The van der Waals surface area contributed by atoms with E-state index in [-0.39, 0.29) is 5.92 Å². The second-order valence-electron chi connectivity index (χ2n) is 17.7. The fourth-order valence-electron chi connectivity index (χ4n) is 10.7. The monoisotopic (exact) mass is 780 g/mol. The first-order valence-corrected chi connectivity index (χ1v) is 22.3. The van der Waals surface area contributed by atoms with Crippen LogP contribution in [0.15, 0.2) is 168 Å². The van der Waals surface area contributed by atoms with Crippen molar-refractivity contribution in [3.05, 3.63) is 180 Å². The summed E-state index contributed by atoms with van der Waals surface area (Å²) in [5.74, 6) is 1.58. The molecule has 0 bridgehead atoms. The Morgan fingerprint density at radius 2 is 0.933 bits per heavy atom. The molecule has 296 valence electrons. The van der Waals surface area contributed by atoms with E-state index in [4.69, 9.17) is 4.42 Å². The zero-order valence-corrected chi connectivity index (χ0v) is 34.8. The second-order valence-corrected chi connectivity index (χ2v) is 17.7. The van der Waals surface area contributed by atoms with E-state index >= 15 is 0 Å². The molecule has 2 aliphatic carbocycles. The van der Waals surface area contributed by atoms with Crippen molar-refractivity contribution in [1.29, 1.82) is 0 Å². The molecule has 0 atom stereocenters. The number of hydrogen-bond acceptors (Lipinski definition) is 3. The normalized spacial score (nSPS) is 15.0. The van der Waals surface area contributed by atoms with Crippen LogP contribution in [-0.4, -0.2) is 0 Å². The second kappa shape index (κ2) is 15.4. The molecule has 0 aliphatic heterocycles. The van der Waals surface area contributed by atoms with Gasteiger partial charge in [0.1, 0.15) is 11.2 Å². The number of anilines is 6. The van der Waals surface area contributed by atoms with Crippen molar-refractivity contribution in [3.8, 4) is 0 Å². The number of para-hydroxylation sites is 2. The molecule has 0 N–H and O–H groups in total. The molecule has 1 aromatic heterocycles. The van der Waals surface area contributed by atoms with Gasteiger partial charge in [-0.1, -0.05) is 112 Å². The van der Waals surface area contributed by atoms with Gasteiger partial charge in [0, 0.05) is 39.2 Å². The lowest BCUT2D eigenvalue weighted by atomic mass is 9.91. The number of furan rings is 1. The lowest BCUT2D eigenvalue weighted by Gasteiger charge is -2.30. The molecule has 2 aliphatic rings. The van der Waals surface area contributed by atoms with Gasteiger partial charge in [-0.3, -0.25) is 0 Å². The van der Waals surface area contributed by atoms with E-state index in [1.807, 2.05) is 0 Å². The van der Waals surface area contributed by atoms with Crippen LogP contribution in [0.5, 0.6) is 0 Å². The first kappa shape index (κ1) is 36.7. The molecule has 2 fully saturated rings. The molecule has 3 heteroatoms. The third kappa shape index (κ3) is 6.61. The Kier molecular flexibility index (Phi) is 9.41. The minimum absolute atomic E-state index is 0.280. The number of benzene rings is 8. The molecule has 60 heavy (non-hydrogen) atoms. The lowest BCUT2D eigenvalue weighted by Crippen LogP contribution is -2.13. The first-order valence-electron chi connectivity index (χ1n) is 22.3. The molecule has 1 heterocycles. The van der Waals surface area contributed by atoms with Crippen molar-refractivity contribution in [1.82, 2.24) is 0 Å². The molecule has 0 saturated heterocycles. The van der Waals surface area contributed by atoms with Crippen molar-refractivity contribution in [2.24, 2.45) is 0 Å². The molecule has 0 unspecified atom stereocenters. The van der Waals surface area contributed by atoms with Gasteiger partial charge in [0.2, 0.25) is 0 Å². The van der Waals surface area contributed by atoms with E-state index < -0.39 is 0 Å². The maximum absolute atomic E-state index is 6.86. The van der Waals surface area contributed by atoms with Crippen LogP contribution in [0.4, 0.5) is 34.1 Å². The summed E-state index contributed by atoms with van der Waals surface area (Å²) in [4.78, 5) is 4.88. The van der Waals surface area contributed by atoms with Crippen molar-refractivity contribution >= 4 is 77.6 Å². The van der Waals surface area contributed by atoms with Gasteiger partial charge >= 0.3 is 0 Å². The highest BCUT2D eigenvalue weighted by Crippen LogP contribution is 2.46. The van der Waals surface area contributed by atoms with Crippen LogP contribution in [0.3, 0.4) is 0 Å². The Morgan fingerprint density at radius 1 is 0.417 bits per heavy atom. The van der Waals surface area contributed by atoms with Crippen LogP contribution in [0.1, 0.15) is 99.7 Å². The Bertz CT molecular complexity index is 2990. The quantitative estimate of drug-likeness (QED) is 0.145. The highest BCUT2D eigenvalue weighted by atomic mass is 16.3. The Hall–Kier alpha value is -6.32. The third-order valence-corrected chi connectivity index (χ3v) is 13.6. The van der Waals surface area contributed by atoms with Gasteiger partial charge < -0.3 is 14.2 Å². The summed E-state index contributed by atoms with van der Waals surface area (Å²) in [7, 11) is 0. The summed E-state index contributed by atoms with van der Waals surface area (Å²) < 4.78 is 6.86. The summed E-state index contributed by atoms with van der Waals surface area (Å²) in [6.45, 7) is 4.65. The van der Waals surface area contributed by atoms with Crippen LogP contribution in [-0.2, 0) is 0 Å². The summed E-state index contributed by atoms with van der Waals surface area (Å²) in [5.41, 5.74) is 13.2. The average molecular weight is 781 g/mol. The number of rotatable bonds is 9. The smallest absolute Gasteiger partial charge is 0.136 e. The predicted octanol–water partition coefficient (Wildman–Crippen LogP) is 17.3. The SMILES string of the molecule is CC(C)c1c(N(c2ccccc2)c2cccc(C3CCCC3)c2)ccc2cc3c(cc12)oc1cc2cc(N(c4ccccc4)c4cccc(C5CCCC5)c4)ccc2cc13. The highest BCUT2D eigenvalue weighted by molar-refractivity contribution is 6.14. The third-order valence-electron chi connectivity index (χ3n) is 13.6. The van der Waals surface area contributed by atoms with E-state index in [1.54, 1.807) is 0 Å². The predicted molar refractivity (Wildman–Crippen MR) is 255 cm³/mol. The summed E-state index contributed by atoms with van der Waals surface area (Å²) in [6, 6.07) is 61.0. The fraction of sp³-hybridized carbons (Fsp3) is 0.228. The van der Waals surface area contributed by atoms with Gasteiger partial charge in [-0.15, -0.1) is 0 Å². The molecule has 0 spiro atoms. The molecular weight excluding hydrogens is 729 g/mol. The van der Waals surface area contributed by atoms with Crippen LogP contribution in [0.2, 0.25) is 0 Å². The topological polar surface area (TPSA) is 19.6 Å². The summed E-state index contributed by atoms with van der Waals surface area (Å²) >= 11 is 0. The van der Waals surface area contributed by atoms with Crippen molar-refractivity contribution < 1.29 is 4.42 Å². The zero-order chi connectivity index (χ0) is 40.2. The highest BCUT2D eigenvalue weighted by Gasteiger charge is 2.24. The van der Waals surface area contributed by atoms with Crippen LogP contribution >= 0.6 is 0 Å². The molecular formula is C57H52N2O. The van der Waals surface area contributed by atoms with Crippen LogP contribution in [0.25, 0.3) is 43.5 Å². The van der Waals surface area contributed by atoms with E-state index in [9.17, 15) is 0 Å². The minimum atomic E-state index is 0.280. The minimum Gasteiger partial charge on any atom is -0.456 e. The number of fused-ring (bicyclic) bond motifs is 5. The van der Waals surface area contributed by atoms with Gasteiger partial charge in [0.15, 0.2) is 0 Å². The first-order chi connectivity index (χ1) is 29.6. The number of nitrogens with zero attached hydrogens (tertiary/aromatic N) is 2. The molecule has 9 aromatic rings. The molecule has 2 saturated carbocycles. The van der Waals surface area contributed by atoms with Gasteiger partial charge in [-0.25, -0.2) is 0 Å². The van der Waals surface area contributed by atoms with E-state index in [0.717, 1.165) is 33.3 Å². The Labute approximate surface area is 353 Å². The number of hydrogen-bond donors (Lipinski definition) is 0. The van der Waals surface area contributed by atoms with Gasteiger partial charge in [-0.2, -0.15) is 0 Å². The average Bonchev–Trinajstić information content (AvgIpc) is 4.09. The standard InChI is InChI=1S/C57H52N2O/c1-38(2)57-51-37-56-53(35-44(51)28-30-54(57)59(47-23-7-4-8-24-47)49-26-14-20-42(32-49)40-17-11-12-18-40)52-34-43-27-29-50(33-45(43)36-55(52)60-56)58(46-21-5-3-6-22-46)48-25-13-19-41(31-48)39-15-9-10-16-39/h3-8,13-14,19-40H,9-12,15-18H2,1-2H3. The van der Waals surface area contributed by atoms with Gasteiger partial charge in [0.05, 0.1) is 5.69 Å². The van der Waals surface area contributed by atoms with E-state index in [1.165, 1.54) is 112 Å². The lowest BCUT2D eigenvalue weighted by molar-refractivity contribution is 0.670. The van der Waals surface area contributed by atoms with Crippen molar-refractivity contribution in [2.45, 2.75) is 83.0 Å². The van der Waals surface area contributed by atoms with Crippen LogP contribution in [0, 0.1) is 0 Å². The van der Waals surface area contributed by atoms with E-state index in [0.29, 0.717) is 11.8 Å². The van der Waals surface area contributed by atoms with Gasteiger partial charge in [-0.05, 0) is 173 Å². The summed E-state index contributed by atoms with van der Waals surface area (Å²) in [6.07, 6.45) is 10.5. The van der Waals surface area contributed by atoms with E-state index in [2.05, 4.69) is 187 Å². The maximum atomic E-state index is 6.86. The molecule has 0 radical (unpaired) electrons. The Morgan fingerprint density at radius 3 is 1.55 bits per heavy atom. The van der Waals surface area contributed by atoms with Crippen molar-refractivity contribution in [3.63, 3.8) is 0 Å². The molecule has 0 amide bonds. The van der Waals surface area contributed by atoms with Crippen LogP contribution < -0.4 is 9.80 Å². The Balaban J connectivity index is 1.03. The molecule has 3 nitrogen and oxygen atoms in total. The van der Waals surface area contributed by atoms with Crippen molar-refractivity contribution in [2.75, 3.05) is 9.80 Å². The fourth-order valence-corrected chi connectivity index (χ4v) is 10.7.